The number of anilines is 1. The van der Waals surface area contributed by atoms with Gasteiger partial charge in [0, 0.05) is 18.7 Å². The molecule has 0 unspecified atom stereocenters. The number of nitro benzene ring substituents is 1. The van der Waals surface area contributed by atoms with E-state index in [-0.39, 0.29) is 17.1 Å². The number of nitrogens with zero attached hydrogens (tertiary/aromatic N) is 3. The third kappa shape index (κ3) is 3.12. The minimum atomic E-state index is -0.541. The molecule has 0 aliphatic heterocycles. The molecule has 0 amide bonds. The van der Waals surface area contributed by atoms with Gasteiger partial charge in [-0.15, -0.1) is 0 Å². The number of nitro groups is 1. The Balaban J connectivity index is 2.27. The summed E-state index contributed by atoms with van der Waals surface area (Å²) in [6.07, 6.45) is 0. The average Bonchev–Trinajstić information content (AvgIpc) is 2.68. The van der Waals surface area contributed by atoms with Crippen LogP contribution in [0.1, 0.15) is 0 Å². The first kappa shape index (κ1) is 17.2. The highest BCUT2D eigenvalue weighted by Crippen LogP contribution is 2.25. The van der Waals surface area contributed by atoms with Gasteiger partial charge in [-0.3, -0.25) is 14.9 Å². The van der Waals surface area contributed by atoms with Crippen LogP contribution in [0.4, 0.5) is 11.4 Å². The van der Waals surface area contributed by atoms with Gasteiger partial charge in [0.25, 0.3) is 11.2 Å². The first-order valence-electron chi connectivity index (χ1n) is 7.75. The van der Waals surface area contributed by atoms with Crippen molar-refractivity contribution in [2.24, 2.45) is 0 Å². The number of hydrogen-bond acceptors (Lipinski definition) is 6. The fraction of sp³-hybridized carbons (Fsp3) is 0.111. The van der Waals surface area contributed by atoms with Gasteiger partial charge in [0.2, 0.25) is 0 Å². The van der Waals surface area contributed by atoms with Crippen molar-refractivity contribution in [3.8, 4) is 22.7 Å². The van der Waals surface area contributed by atoms with Crippen LogP contribution in [0.3, 0.4) is 0 Å². The molecular formula is C18H16N4O4. The van der Waals surface area contributed by atoms with E-state index in [1.54, 1.807) is 44.5 Å². The third-order valence-electron chi connectivity index (χ3n) is 3.85. The van der Waals surface area contributed by atoms with Crippen LogP contribution in [0.5, 0.6) is 5.75 Å². The van der Waals surface area contributed by atoms with Gasteiger partial charge in [-0.2, -0.15) is 9.78 Å². The van der Waals surface area contributed by atoms with Gasteiger partial charge in [-0.1, -0.05) is 24.3 Å². The smallest absolute Gasteiger partial charge is 0.295 e. The van der Waals surface area contributed by atoms with Crippen molar-refractivity contribution in [1.82, 2.24) is 9.78 Å². The predicted octanol–water partition coefficient (Wildman–Crippen LogP) is 2.86. The normalized spacial score (nSPS) is 10.4. The number of para-hydroxylation sites is 2. The van der Waals surface area contributed by atoms with Gasteiger partial charge in [0.1, 0.15) is 17.1 Å². The van der Waals surface area contributed by atoms with Gasteiger partial charge in [-0.05, 0) is 24.3 Å². The van der Waals surface area contributed by atoms with Crippen LogP contribution in [0.15, 0.2) is 59.4 Å². The number of hydrogen-bond donors (Lipinski definition) is 1. The number of methoxy groups -OCH3 is 1. The van der Waals surface area contributed by atoms with Gasteiger partial charge in [0.05, 0.1) is 17.7 Å². The SMILES string of the molecule is CNc1cc(-c2cccc(OC)c2)nn(-c2ccccc2[N+](=O)[O-])c1=O. The van der Waals surface area contributed by atoms with E-state index in [2.05, 4.69) is 10.4 Å². The molecule has 26 heavy (non-hydrogen) atoms. The highest BCUT2D eigenvalue weighted by molar-refractivity contribution is 5.65. The summed E-state index contributed by atoms with van der Waals surface area (Å²) in [7, 11) is 3.16. The number of ether oxygens (including phenoxy) is 1. The zero-order chi connectivity index (χ0) is 18.7. The first-order chi connectivity index (χ1) is 12.5. The van der Waals surface area contributed by atoms with E-state index in [4.69, 9.17) is 4.74 Å². The highest BCUT2D eigenvalue weighted by atomic mass is 16.6. The molecule has 0 saturated carbocycles. The summed E-state index contributed by atoms with van der Waals surface area (Å²) in [5.74, 6) is 0.638. The van der Waals surface area contributed by atoms with Gasteiger partial charge >= 0.3 is 0 Å². The van der Waals surface area contributed by atoms with Crippen LogP contribution < -0.4 is 15.6 Å². The van der Waals surface area contributed by atoms with E-state index in [9.17, 15) is 14.9 Å². The first-order valence-corrected chi connectivity index (χ1v) is 7.75. The minimum Gasteiger partial charge on any atom is -0.497 e. The Morgan fingerprint density at radius 3 is 2.62 bits per heavy atom. The molecule has 8 nitrogen and oxygen atoms in total. The molecule has 1 aromatic heterocycles. The van der Waals surface area contributed by atoms with Gasteiger partial charge in [-0.25, -0.2) is 0 Å². The Morgan fingerprint density at radius 2 is 1.92 bits per heavy atom. The molecule has 0 fully saturated rings. The fourth-order valence-electron chi connectivity index (χ4n) is 2.56. The quantitative estimate of drug-likeness (QED) is 0.560. The summed E-state index contributed by atoms with van der Waals surface area (Å²) < 4.78 is 6.26. The number of rotatable bonds is 5. The molecule has 132 valence electrons. The van der Waals surface area contributed by atoms with Gasteiger partial charge < -0.3 is 10.1 Å². The van der Waals surface area contributed by atoms with Crippen LogP contribution in [0, 0.1) is 10.1 Å². The van der Waals surface area contributed by atoms with E-state index in [0.29, 0.717) is 17.0 Å². The van der Waals surface area contributed by atoms with E-state index in [0.717, 1.165) is 4.68 Å². The molecule has 0 aliphatic rings. The Kier molecular flexibility index (Phi) is 4.66. The molecule has 0 radical (unpaired) electrons. The lowest BCUT2D eigenvalue weighted by Gasteiger charge is -2.11. The van der Waals surface area contributed by atoms with Crippen LogP contribution >= 0.6 is 0 Å². The third-order valence-corrected chi connectivity index (χ3v) is 3.85. The maximum atomic E-state index is 12.7. The lowest BCUT2D eigenvalue weighted by Crippen LogP contribution is -2.24. The Hall–Kier alpha value is -3.68. The molecule has 0 saturated heterocycles. The van der Waals surface area contributed by atoms with Crippen molar-refractivity contribution in [2.75, 3.05) is 19.5 Å². The van der Waals surface area contributed by atoms with Crippen LogP contribution in [-0.4, -0.2) is 28.9 Å². The summed E-state index contributed by atoms with van der Waals surface area (Å²) in [5, 5.41) is 18.5. The van der Waals surface area contributed by atoms with E-state index >= 15 is 0 Å². The second kappa shape index (κ2) is 7.06. The minimum absolute atomic E-state index is 0.101. The number of aromatic nitrogens is 2. The van der Waals surface area contributed by atoms with Crippen molar-refractivity contribution in [2.45, 2.75) is 0 Å². The molecule has 2 aromatic carbocycles. The van der Waals surface area contributed by atoms with E-state index < -0.39 is 10.5 Å². The summed E-state index contributed by atoms with van der Waals surface area (Å²) in [4.78, 5) is 23.5. The summed E-state index contributed by atoms with van der Waals surface area (Å²) in [6, 6.07) is 14.8. The zero-order valence-corrected chi connectivity index (χ0v) is 14.2. The summed E-state index contributed by atoms with van der Waals surface area (Å²) >= 11 is 0. The Morgan fingerprint density at radius 1 is 1.15 bits per heavy atom. The lowest BCUT2D eigenvalue weighted by molar-refractivity contribution is -0.384. The van der Waals surface area contributed by atoms with Crippen LogP contribution in [-0.2, 0) is 0 Å². The van der Waals surface area contributed by atoms with Crippen molar-refractivity contribution < 1.29 is 9.66 Å². The van der Waals surface area contributed by atoms with Crippen molar-refractivity contribution >= 4 is 11.4 Å². The average molecular weight is 352 g/mol. The van der Waals surface area contributed by atoms with Crippen molar-refractivity contribution in [1.29, 1.82) is 0 Å². The fourth-order valence-corrected chi connectivity index (χ4v) is 2.56. The van der Waals surface area contributed by atoms with Gasteiger partial charge in [0.15, 0.2) is 0 Å². The molecule has 8 heteroatoms. The standard InChI is InChI=1S/C18H16N4O4/c1-19-15-11-14(12-6-5-7-13(10-12)26-2)20-21(18(15)23)16-8-3-4-9-17(16)22(24)25/h3-11,19H,1-2H3. The molecule has 3 aromatic rings. The molecule has 3 rings (SSSR count). The largest absolute Gasteiger partial charge is 0.497 e. The monoisotopic (exact) mass is 352 g/mol. The Labute approximate surface area is 148 Å². The molecule has 1 N–H and O–H groups in total. The predicted molar refractivity (Wildman–Crippen MR) is 98.0 cm³/mol. The maximum absolute atomic E-state index is 12.7. The maximum Gasteiger partial charge on any atom is 0.295 e. The second-order valence-electron chi connectivity index (χ2n) is 5.39. The molecule has 0 spiro atoms. The van der Waals surface area contributed by atoms with E-state index in [1.165, 1.54) is 18.2 Å². The zero-order valence-electron chi connectivity index (χ0n) is 14.2. The molecule has 0 bridgehead atoms. The second-order valence-corrected chi connectivity index (χ2v) is 5.39. The summed E-state index contributed by atoms with van der Waals surface area (Å²) in [5.41, 5.74) is 0.888. The van der Waals surface area contributed by atoms with Crippen LogP contribution in [0.25, 0.3) is 16.9 Å². The number of nitrogens with one attached hydrogen (secondary N) is 1. The lowest BCUT2D eigenvalue weighted by atomic mass is 10.1. The molecular weight excluding hydrogens is 336 g/mol. The van der Waals surface area contributed by atoms with Crippen LogP contribution in [0.2, 0.25) is 0 Å². The van der Waals surface area contributed by atoms with E-state index in [1.807, 2.05) is 6.07 Å². The van der Waals surface area contributed by atoms with Crippen molar-refractivity contribution in [3.63, 3.8) is 0 Å². The summed E-state index contributed by atoms with van der Waals surface area (Å²) in [6.45, 7) is 0. The topological polar surface area (TPSA) is 99.3 Å². The van der Waals surface area contributed by atoms with Crippen molar-refractivity contribution in [3.05, 3.63) is 75.1 Å². The molecule has 0 atom stereocenters. The highest BCUT2D eigenvalue weighted by Gasteiger charge is 2.19. The molecule has 1 heterocycles. The molecule has 0 aliphatic carbocycles. The number of benzene rings is 2. The Bertz CT molecular complexity index is 1030.